The maximum absolute atomic E-state index is 11.7. The van der Waals surface area contributed by atoms with E-state index in [9.17, 15) is 4.79 Å². The van der Waals surface area contributed by atoms with Crippen LogP contribution < -0.4 is 0 Å². The van der Waals surface area contributed by atoms with Crippen LogP contribution in [-0.4, -0.2) is 29.4 Å². The van der Waals surface area contributed by atoms with E-state index < -0.39 is 0 Å². The maximum atomic E-state index is 11.7. The third kappa shape index (κ3) is 6.06. The minimum absolute atomic E-state index is 0.249. The number of hydrogen-bond donors (Lipinski definition) is 0. The zero-order valence-corrected chi connectivity index (χ0v) is 13.5. The molecule has 0 heterocycles. The van der Waals surface area contributed by atoms with Crippen molar-refractivity contribution in [2.45, 2.75) is 13.0 Å². The number of rotatable bonds is 7. The summed E-state index contributed by atoms with van der Waals surface area (Å²) in [5.74, 6) is 0.447. The molecule has 0 N–H and O–H groups in total. The number of carbonyl (C=O) groups excluding carboxylic acids is 1. The van der Waals surface area contributed by atoms with E-state index in [2.05, 4.69) is 6.58 Å². The van der Waals surface area contributed by atoms with Gasteiger partial charge >= 0.3 is 5.97 Å². The molecule has 0 aliphatic carbocycles. The van der Waals surface area contributed by atoms with Crippen molar-refractivity contribution in [1.29, 1.82) is 0 Å². The van der Waals surface area contributed by atoms with Crippen molar-refractivity contribution in [3.05, 3.63) is 53.8 Å². The monoisotopic (exact) mass is 276 g/mol. The van der Waals surface area contributed by atoms with Crippen molar-refractivity contribution in [3.63, 3.8) is 0 Å². The van der Waals surface area contributed by atoms with Gasteiger partial charge in [0.2, 0.25) is 0 Å². The minimum atomic E-state index is -0.316. The lowest BCUT2D eigenvalue weighted by molar-refractivity contribution is -0.140. The summed E-state index contributed by atoms with van der Waals surface area (Å²) in [4.78, 5) is 11.7. The third-order valence-electron chi connectivity index (χ3n) is 2.52. The van der Waals surface area contributed by atoms with E-state index in [0.29, 0.717) is 12.2 Å². The number of esters is 1. The molecule has 19 heavy (non-hydrogen) atoms. The average Bonchev–Trinajstić information content (AvgIpc) is 2.44. The predicted octanol–water partition coefficient (Wildman–Crippen LogP) is 1.95. The van der Waals surface area contributed by atoms with Crippen LogP contribution >= 0.6 is 0 Å². The molecule has 102 valence electrons. The Balaban J connectivity index is 2.37. The molecule has 0 saturated carbocycles. The molecule has 0 aromatic heterocycles. The van der Waals surface area contributed by atoms with Gasteiger partial charge in [0, 0.05) is 15.8 Å². The van der Waals surface area contributed by atoms with Crippen molar-refractivity contribution in [2.24, 2.45) is 0 Å². The number of benzene rings is 1. The molecule has 0 fully saturated rings. The molecule has 3 nitrogen and oxygen atoms in total. The summed E-state index contributed by atoms with van der Waals surface area (Å²) >= 11 is 0. The van der Waals surface area contributed by atoms with Crippen LogP contribution in [0.5, 0.6) is 0 Å². The quantitative estimate of drug-likeness (QED) is 0.251. The summed E-state index contributed by atoms with van der Waals surface area (Å²) in [5, 5.41) is 0. The second kappa shape index (κ2) is 8.32. The molecule has 1 aromatic rings. The van der Waals surface area contributed by atoms with Crippen molar-refractivity contribution in [3.8, 4) is 0 Å². The van der Waals surface area contributed by atoms with Gasteiger partial charge in [0.1, 0.15) is 13.2 Å². The highest BCUT2D eigenvalue weighted by Gasteiger charge is 2.05. The van der Waals surface area contributed by atoms with Crippen molar-refractivity contribution in [2.75, 3.05) is 13.2 Å². The van der Waals surface area contributed by atoms with Crippen LogP contribution in [0, 0.1) is 0 Å². The Kier molecular flexibility index (Phi) is 6.67. The van der Waals surface area contributed by atoms with Gasteiger partial charge in [0.15, 0.2) is 0 Å². The number of carbonyl (C=O) groups is 1. The molecule has 0 unspecified atom stereocenters. The van der Waals surface area contributed by atoms with E-state index in [-0.39, 0.29) is 12.6 Å². The van der Waals surface area contributed by atoms with E-state index in [1.807, 2.05) is 30.3 Å². The van der Waals surface area contributed by atoms with E-state index in [1.165, 1.54) is 0 Å². The molecule has 0 aliphatic rings. The summed E-state index contributed by atoms with van der Waals surface area (Å²) in [6.07, 6.45) is 1.81. The highest BCUT2D eigenvalue weighted by molar-refractivity contribution is 6.09. The second-order valence-corrected chi connectivity index (χ2v) is 4.82. The fraction of sp³-hybridized carbons (Fsp3) is 0.267. The fourth-order valence-electron chi connectivity index (χ4n) is 1.39. The average molecular weight is 276 g/mol. The molecular formula is C15H20O3Si. The van der Waals surface area contributed by atoms with Crippen LogP contribution in [-0.2, 0) is 14.3 Å². The van der Waals surface area contributed by atoms with E-state index in [1.54, 1.807) is 13.0 Å². The largest absolute Gasteiger partial charge is 0.495 e. The first-order chi connectivity index (χ1) is 9.13. The molecular weight excluding hydrogens is 256 g/mol. The predicted molar refractivity (Wildman–Crippen MR) is 80.9 cm³/mol. The van der Waals surface area contributed by atoms with Crippen LogP contribution in [0.3, 0.4) is 0 Å². The topological polar surface area (TPSA) is 35.5 Å². The maximum Gasteiger partial charge on any atom is 0.333 e. The Hall–Kier alpha value is -1.81. The molecule has 0 radical (unpaired) electrons. The van der Waals surface area contributed by atoms with Crippen molar-refractivity contribution < 1.29 is 14.3 Å². The van der Waals surface area contributed by atoms with Gasteiger partial charge in [-0.2, -0.15) is 0 Å². The molecule has 0 aliphatic heterocycles. The summed E-state index contributed by atoms with van der Waals surface area (Å²) in [7, 11) is 1.03. The van der Waals surface area contributed by atoms with Crippen LogP contribution in [0.25, 0.3) is 6.08 Å². The molecule has 1 aromatic carbocycles. The molecule has 0 spiro atoms. The molecule has 4 heteroatoms. The van der Waals surface area contributed by atoms with Crippen molar-refractivity contribution in [1.82, 2.24) is 0 Å². The van der Waals surface area contributed by atoms with Gasteiger partial charge in [-0.1, -0.05) is 36.9 Å². The summed E-state index contributed by atoms with van der Waals surface area (Å²) in [6, 6.07) is 10.6. The highest BCUT2D eigenvalue weighted by Crippen LogP contribution is 2.07. The molecule has 0 saturated heterocycles. The van der Waals surface area contributed by atoms with E-state index >= 15 is 0 Å². The Morgan fingerprint density at radius 1 is 1.26 bits per heavy atom. The summed E-state index contributed by atoms with van der Waals surface area (Å²) < 4.78 is 10.4. The lowest BCUT2D eigenvalue weighted by Gasteiger charge is -2.08. The minimum Gasteiger partial charge on any atom is -0.495 e. The van der Waals surface area contributed by atoms with E-state index in [0.717, 1.165) is 27.6 Å². The van der Waals surface area contributed by atoms with Gasteiger partial charge in [-0.25, -0.2) is 4.79 Å². The van der Waals surface area contributed by atoms with Gasteiger partial charge in [-0.3, -0.25) is 0 Å². The Labute approximate surface area is 117 Å². The zero-order chi connectivity index (χ0) is 14.1. The third-order valence-corrected chi connectivity index (χ3v) is 3.31. The first-order valence-corrected chi connectivity index (χ1v) is 7.76. The summed E-state index contributed by atoms with van der Waals surface area (Å²) in [6.45, 7) is 6.10. The van der Waals surface area contributed by atoms with Gasteiger partial charge in [0.25, 0.3) is 0 Å². The smallest absolute Gasteiger partial charge is 0.333 e. The van der Waals surface area contributed by atoms with Crippen LogP contribution in [0.1, 0.15) is 12.5 Å². The lowest BCUT2D eigenvalue weighted by atomic mass is 10.1. The zero-order valence-electron chi connectivity index (χ0n) is 11.5. The Bertz CT molecular complexity index is 452. The lowest BCUT2D eigenvalue weighted by Crippen LogP contribution is -2.11. The molecule has 0 amide bonds. The van der Waals surface area contributed by atoms with Gasteiger partial charge in [-0.05, 0) is 24.6 Å². The fourth-order valence-corrected chi connectivity index (χ4v) is 1.60. The number of ether oxygens (including phenoxy) is 2. The standard InChI is InChI=1S/C15H20O3Si/c1-12(10-14-6-4-3-5-7-14)15(16)18-9-8-17-13(2)11-19/h3-7,10H,2,8-9,11H2,1,19H3. The second-order valence-electron chi connectivity index (χ2n) is 4.11. The summed E-state index contributed by atoms with van der Waals surface area (Å²) in [5.41, 5.74) is 1.56. The van der Waals surface area contributed by atoms with E-state index in [4.69, 9.17) is 9.47 Å². The normalized spacial score (nSPS) is 11.1. The van der Waals surface area contributed by atoms with Crippen LogP contribution in [0.15, 0.2) is 48.2 Å². The molecule has 0 atom stereocenters. The SMILES string of the molecule is C=C(C[SiH3])OCCOC(=O)C(C)=Cc1ccccc1. The first-order valence-electron chi connectivity index (χ1n) is 6.34. The van der Waals surface area contributed by atoms with Crippen LogP contribution in [0.2, 0.25) is 6.04 Å². The number of allylic oxidation sites excluding steroid dienone is 1. The molecule has 1 rings (SSSR count). The van der Waals surface area contributed by atoms with Gasteiger partial charge < -0.3 is 9.47 Å². The number of hydrogen-bond acceptors (Lipinski definition) is 3. The molecule has 0 bridgehead atoms. The van der Waals surface area contributed by atoms with Crippen molar-refractivity contribution >= 4 is 22.3 Å². The van der Waals surface area contributed by atoms with Crippen LogP contribution in [0.4, 0.5) is 0 Å². The van der Waals surface area contributed by atoms with Gasteiger partial charge in [0.05, 0.1) is 5.76 Å². The van der Waals surface area contributed by atoms with Gasteiger partial charge in [-0.15, -0.1) is 0 Å². The Morgan fingerprint density at radius 3 is 2.53 bits per heavy atom. The first kappa shape index (κ1) is 15.2. The Morgan fingerprint density at radius 2 is 1.89 bits per heavy atom. The highest BCUT2D eigenvalue weighted by atomic mass is 28.1.